The van der Waals surface area contributed by atoms with E-state index in [0.29, 0.717) is 11.5 Å². The van der Waals surface area contributed by atoms with Gasteiger partial charge in [0.1, 0.15) is 5.75 Å². The molecule has 2 aromatic carbocycles. The molecule has 4 heteroatoms. The van der Waals surface area contributed by atoms with Crippen molar-refractivity contribution < 1.29 is 19.4 Å². The van der Waals surface area contributed by atoms with Gasteiger partial charge in [-0.15, -0.1) is 0 Å². The van der Waals surface area contributed by atoms with E-state index in [0.717, 1.165) is 5.56 Å². The summed E-state index contributed by atoms with van der Waals surface area (Å²) >= 11 is 0. The van der Waals surface area contributed by atoms with Gasteiger partial charge >= 0.3 is 0 Å². The number of para-hydroxylation sites is 1. The van der Waals surface area contributed by atoms with Gasteiger partial charge in [-0.3, -0.25) is 4.79 Å². The predicted molar refractivity (Wildman–Crippen MR) is 74.0 cm³/mol. The van der Waals surface area contributed by atoms with Gasteiger partial charge in [0, 0.05) is 0 Å². The molecule has 0 spiro atoms. The Bertz CT molecular complexity index is 689. The lowest BCUT2D eigenvalue weighted by molar-refractivity contribution is 0.104. The molecule has 0 aliphatic carbocycles. The molecule has 20 heavy (non-hydrogen) atoms. The van der Waals surface area contributed by atoms with Crippen LogP contribution in [0.15, 0.2) is 48.5 Å². The number of hydrogen-bond acceptors (Lipinski definition) is 4. The van der Waals surface area contributed by atoms with Crippen LogP contribution < -0.4 is 9.47 Å². The van der Waals surface area contributed by atoms with Crippen LogP contribution in [0.4, 0.5) is 0 Å². The molecule has 0 fully saturated rings. The molecule has 0 bridgehead atoms. The molecule has 1 aliphatic heterocycles. The van der Waals surface area contributed by atoms with Crippen molar-refractivity contribution in [3.05, 3.63) is 59.7 Å². The maximum Gasteiger partial charge on any atom is 0.231 e. The summed E-state index contributed by atoms with van der Waals surface area (Å²) in [7, 11) is 0. The average Bonchev–Trinajstić information content (AvgIpc) is 2.92. The molecule has 4 nitrogen and oxygen atoms in total. The SMILES string of the molecule is O=C(/C=C/c1ccc2c(c1)OCO2)c1ccccc1O. The summed E-state index contributed by atoms with van der Waals surface area (Å²) < 4.78 is 10.5. The Morgan fingerprint density at radius 2 is 1.90 bits per heavy atom. The molecule has 0 aromatic heterocycles. The number of phenolic OH excluding ortho intramolecular Hbond substituents is 1. The van der Waals surface area contributed by atoms with E-state index in [9.17, 15) is 9.90 Å². The van der Waals surface area contributed by atoms with Crippen LogP contribution in [-0.4, -0.2) is 17.7 Å². The highest BCUT2D eigenvalue weighted by molar-refractivity contribution is 6.08. The summed E-state index contributed by atoms with van der Waals surface area (Å²) in [4.78, 5) is 12.0. The number of carbonyl (C=O) groups is 1. The van der Waals surface area contributed by atoms with Crippen LogP contribution in [0.25, 0.3) is 6.08 Å². The van der Waals surface area contributed by atoms with Crippen molar-refractivity contribution in [3.8, 4) is 17.2 Å². The van der Waals surface area contributed by atoms with Crippen molar-refractivity contribution in [2.75, 3.05) is 6.79 Å². The third kappa shape index (κ3) is 2.36. The van der Waals surface area contributed by atoms with E-state index < -0.39 is 0 Å². The van der Waals surface area contributed by atoms with Gasteiger partial charge in [-0.25, -0.2) is 0 Å². The van der Waals surface area contributed by atoms with Gasteiger partial charge in [-0.05, 0) is 35.9 Å². The van der Waals surface area contributed by atoms with Crippen LogP contribution in [0, 0.1) is 0 Å². The third-order valence-electron chi connectivity index (χ3n) is 2.99. The van der Waals surface area contributed by atoms with E-state index in [2.05, 4.69) is 0 Å². The fourth-order valence-electron chi connectivity index (χ4n) is 1.96. The third-order valence-corrected chi connectivity index (χ3v) is 2.99. The summed E-state index contributed by atoms with van der Waals surface area (Å²) in [5, 5.41) is 9.61. The Hall–Kier alpha value is -2.75. The summed E-state index contributed by atoms with van der Waals surface area (Å²) in [6.07, 6.45) is 3.10. The number of carbonyl (C=O) groups excluding carboxylic acids is 1. The summed E-state index contributed by atoms with van der Waals surface area (Å²) in [5.74, 6) is 1.10. The second-order valence-electron chi connectivity index (χ2n) is 4.33. The highest BCUT2D eigenvalue weighted by Gasteiger charge is 2.12. The van der Waals surface area contributed by atoms with Gasteiger partial charge in [0.05, 0.1) is 5.56 Å². The van der Waals surface area contributed by atoms with Crippen molar-refractivity contribution >= 4 is 11.9 Å². The second kappa shape index (κ2) is 5.09. The number of fused-ring (bicyclic) bond motifs is 1. The highest BCUT2D eigenvalue weighted by Crippen LogP contribution is 2.32. The molecule has 1 N–H and O–H groups in total. The zero-order valence-corrected chi connectivity index (χ0v) is 10.6. The fraction of sp³-hybridized carbons (Fsp3) is 0.0625. The Kier molecular flexibility index (Phi) is 3.13. The molecule has 0 saturated heterocycles. The van der Waals surface area contributed by atoms with Crippen molar-refractivity contribution in [1.82, 2.24) is 0 Å². The zero-order chi connectivity index (χ0) is 13.9. The first-order chi connectivity index (χ1) is 9.74. The van der Waals surface area contributed by atoms with E-state index in [1.807, 2.05) is 6.07 Å². The summed E-state index contributed by atoms with van der Waals surface area (Å²) in [5.41, 5.74) is 1.11. The molecule has 1 heterocycles. The first kappa shape index (κ1) is 12.3. The van der Waals surface area contributed by atoms with Gasteiger partial charge < -0.3 is 14.6 Å². The maximum absolute atomic E-state index is 12.0. The summed E-state index contributed by atoms with van der Waals surface area (Å²) in [6.45, 7) is 0.222. The van der Waals surface area contributed by atoms with Crippen LogP contribution in [0.1, 0.15) is 15.9 Å². The minimum absolute atomic E-state index is 0.0205. The largest absolute Gasteiger partial charge is 0.507 e. The quantitative estimate of drug-likeness (QED) is 0.686. The molecule has 100 valence electrons. The van der Waals surface area contributed by atoms with E-state index in [1.54, 1.807) is 36.4 Å². The number of allylic oxidation sites excluding steroid dienone is 1. The Labute approximate surface area is 115 Å². The molecule has 0 amide bonds. The van der Waals surface area contributed by atoms with Crippen molar-refractivity contribution in [2.24, 2.45) is 0 Å². The van der Waals surface area contributed by atoms with E-state index >= 15 is 0 Å². The number of rotatable bonds is 3. The van der Waals surface area contributed by atoms with Crippen LogP contribution in [-0.2, 0) is 0 Å². The van der Waals surface area contributed by atoms with E-state index in [4.69, 9.17) is 9.47 Å². The molecule has 0 atom stereocenters. The highest BCUT2D eigenvalue weighted by atomic mass is 16.7. The first-order valence-corrected chi connectivity index (χ1v) is 6.14. The minimum Gasteiger partial charge on any atom is -0.507 e. The van der Waals surface area contributed by atoms with Crippen molar-refractivity contribution in [3.63, 3.8) is 0 Å². The van der Waals surface area contributed by atoms with Crippen LogP contribution in [0.5, 0.6) is 17.2 Å². The van der Waals surface area contributed by atoms with Gasteiger partial charge in [-0.1, -0.05) is 24.3 Å². The van der Waals surface area contributed by atoms with Crippen LogP contribution in [0.3, 0.4) is 0 Å². The molecular formula is C16H12O4. The maximum atomic E-state index is 12.0. The van der Waals surface area contributed by atoms with Crippen LogP contribution >= 0.6 is 0 Å². The number of hydrogen-bond donors (Lipinski definition) is 1. The molecular weight excluding hydrogens is 256 g/mol. The van der Waals surface area contributed by atoms with Crippen molar-refractivity contribution in [1.29, 1.82) is 0 Å². The number of phenols is 1. The molecule has 0 unspecified atom stereocenters. The van der Waals surface area contributed by atoms with Gasteiger partial charge in [-0.2, -0.15) is 0 Å². The molecule has 3 rings (SSSR count). The first-order valence-electron chi connectivity index (χ1n) is 6.14. The molecule has 0 radical (unpaired) electrons. The number of aromatic hydroxyl groups is 1. The Balaban J connectivity index is 1.81. The topological polar surface area (TPSA) is 55.8 Å². The average molecular weight is 268 g/mol. The van der Waals surface area contributed by atoms with Gasteiger partial charge in [0.2, 0.25) is 6.79 Å². The van der Waals surface area contributed by atoms with E-state index in [1.165, 1.54) is 12.1 Å². The normalized spacial score (nSPS) is 12.8. The zero-order valence-electron chi connectivity index (χ0n) is 10.6. The number of ketones is 1. The smallest absolute Gasteiger partial charge is 0.231 e. The van der Waals surface area contributed by atoms with Crippen LogP contribution in [0.2, 0.25) is 0 Å². The minimum atomic E-state index is -0.249. The van der Waals surface area contributed by atoms with Gasteiger partial charge in [0.15, 0.2) is 17.3 Å². The lowest BCUT2D eigenvalue weighted by Gasteiger charge is -2.00. The molecule has 1 aliphatic rings. The molecule has 0 saturated carbocycles. The lowest BCUT2D eigenvalue weighted by Crippen LogP contribution is -1.94. The monoisotopic (exact) mass is 268 g/mol. The standard InChI is InChI=1S/C16H12O4/c17-13-4-2-1-3-12(13)14(18)7-5-11-6-8-15-16(9-11)20-10-19-15/h1-9,17H,10H2/b7-5+. The Morgan fingerprint density at radius 1 is 1.10 bits per heavy atom. The fourth-order valence-corrected chi connectivity index (χ4v) is 1.96. The lowest BCUT2D eigenvalue weighted by atomic mass is 10.1. The number of ether oxygens (including phenoxy) is 2. The van der Waals surface area contributed by atoms with Gasteiger partial charge in [0.25, 0.3) is 0 Å². The second-order valence-corrected chi connectivity index (χ2v) is 4.33. The molecule has 2 aromatic rings. The van der Waals surface area contributed by atoms with Crippen molar-refractivity contribution in [2.45, 2.75) is 0 Å². The number of benzene rings is 2. The predicted octanol–water partition coefficient (Wildman–Crippen LogP) is 3.02. The van der Waals surface area contributed by atoms with E-state index in [-0.39, 0.29) is 23.9 Å². The Morgan fingerprint density at radius 3 is 2.75 bits per heavy atom. The summed E-state index contributed by atoms with van der Waals surface area (Å²) in [6, 6.07) is 11.9.